The topological polar surface area (TPSA) is 12.9 Å². The molecule has 0 N–H and O–H groups in total. The lowest BCUT2D eigenvalue weighted by molar-refractivity contribution is 0.280. The molecule has 1 aromatic heterocycles. The molecule has 0 bridgehead atoms. The smallest absolute Gasteiger partial charge is 0.0459 e. The van der Waals surface area contributed by atoms with Gasteiger partial charge in [-0.2, -0.15) is 0 Å². The summed E-state index contributed by atoms with van der Waals surface area (Å²) in [5, 5.41) is 0. The molecule has 0 saturated heterocycles. The van der Waals surface area contributed by atoms with E-state index in [0.29, 0.717) is 5.41 Å². The first kappa shape index (κ1) is 11.2. The van der Waals surface area contributed by atoms with E-state index in [9.17, 15) is 0 Å². The van der Waals surface area contributed by atoms with Crippen LogP contribution in [0.15, 0.2) is 24.4 Å². The van der Waals surface area contributed by atoms with E-state index in [1.165, 1.54) is 5.69 Å². The van der Waals surface area contributed by atoms with Crippen molar-refractivity contribution >= 4 is 0 Å². The van der Waals surface area contributed by atoms with Gasteiger partial charge in [-0.25, -0.2) is 0 Å². The highest BCUT2D eigenvalue weighted by atomic mass is 14.7. The monoisotopic (exact) mass is 191 g/mol. The molecule has 0 aliphatic carbocycles. The minimum absolute atomic E-state index is 0.166. The summed E-state index contributed by atoms with van der Waals surface area (Å²) < 4.78 is 0. The maximum Gasteiger partial charge on any atom is 0.0459 e. The van der Waals surface area contributed by atoms with Crippen LogP contribution in [0.4, 0.5) is 0 Å². The van der Waals surface area contributed by atoms with Gasteiger partial charge in [0.1, 0.15) is 0 Å². The van der Waals surface area contributed by atoms with Gasteiger partial charge >= 0.3 is 0 Å². The predicted octanol–water partition coefficient (Wildman–Crippen LogP) is 3.80. The average molecular weight is 191 g/mol. The molecule has 0 aliphatic rings. The second-order valence-electron chi connectivity index (χ2n) is 5.84. The van der Waals surface area contributed by atoms with Gasteiger partial charge in [-0.05, 0) is 24.0 Å². The lowest BCUT2D eigenvalue weighted by atomic mass is 9.74. The van der Waals surface area contributed by atoms with E-state index >= 15 is 0 Å². The third kappa shape index (κ3) is 3.13. The van der Waals surface area contributed by atoms with Crippen molar-refractivity contribution in [2.24, 2.45) is 5.41 Å². The van der Waals surface area contributed by atoms with Crippen molar-refractivity contribution in [3.63, 3.8) is 0 Å². The largest absolute Gasteiger partial charge is 0.261 e. The molecule has 0 fully saturated rings. The van der Waals surface area contributed by atoms with Gasteiger partial charge in [0.2, 0.25) is 0 Å². The summed E-state index contributed by atoms with van der Waals surface area (Å²) in [5.41, 5.74) is 1.70. The second kappa shape index (κ2) is 3.72. The van der Waals surface area contributed by atoms with Gasteiger partial charge in [-0.15, -0.1) is 0 Å². The molecule has 1 nitrogen and oxygen atoms in total. The number of hydrogen-bond acceptors (Lipinski definition) is 1. The summed E-state index contributed by atoms with van der Waals surface area (Å²) in [4.78, 5) is 4.43. The number of pyridine rings is 1. The lowest BCUT2D eigenvalue weighted by Crippen LogP contribution is -2.25. The molecule has 1 rings (SSSR count). The van der Waals surface area contributed by atoms with Gasteiger partial charge in [0.15, 0.2) is 0 Å². The maximum absolute atomic E-state index is 4.43. The van der Waals surface area contributed by atoms with Gasteiger partial charge in [0, 0.05) is 17.3 Å². The zero-order chi connectivity index (χ0) is 10.8. The summed E-state index contributed by atoms with van der Waals surface area (Å²) in [6.45, 7) is 11.4. The molecule has 0 amide bonds. The Hall–Kier alpha value is -0.850. The molecule has 0 saturated carbocycles. The van der Waals surface area contributed by atoms with Crippen LogP contribution in [0.5, 0.6) is 0 Å². The lowest BCUT2D eigenvalue weighted by Gasteiger charge is -2.31. The van der Waals surface area contributed by atoms with Crippen LogP contribution in [-0.2, 0) is 5.41 Å². The molecule has 1 aromatic rings. The van der Waals surface area contributed by atoms with Crippen molar-refractivity contribution in [1.82, 2.24) is 4.98 Å². The quantitative estimate of drug-likeness (QED) is 0.693. The Morgan fingerprint density at radius 2 is 1.71 bits per heavy atom. The Morgan fingerprint density at radius 3 is 2.14 bits per heavy atom. The van der Waals surface area contributed by atoms with Gasteiger partial charge in [-0.3, -0.25) is 4.98 Å². The van der Waals surface area contributed by atoms with Crippen LogP contribution in [0.2, 0.25) is 0 Å². The van der Waals surface area contributed by atoms with Gasteiger partial charge in [0.05, 0.1) is 0 Å². The number of hydrogen-bond donors (Lipinski definition) is 0. The van der Waals surface area contributed by atoms with E-state index in [0.717, 1.165) is 6.42 Å². The van der Waals surface area contributed by atoms with E-state index in [4.69, 9.17) is 0 Å². The van der Waals surface area contributed by atoms with Crippen LogP contribution >= 0.6 is 0 Å². The van der Waals surface area contributed by atoms with Crippen LogP contribution in [0.3, 0.4) is 0 Å². The molecular weight excluding hydrogens is 170 g/mol. The fourth-order valence-electron chi connectivity index (χ4n) is 2.18. The molecule has 78 valence electrons. The zero-order valence-corrected chi connectivity index (χ0v) is 9.96. The summed E-state index contributed by atoms with van der Waals surface area (Å²) in [6, 6.07) is 6.15. The standard InChI is InChI=1S/C13H21N/c1-12(2,3)10-13(4,5)11-8-6-7-9-14-11/h6-9H,10H2,1-5H3. The van der Waals surface area contributed by atoms with Gasteiger partial charge < -0.3 is 0 Å². The minimum Gasteiger partial charge on any atom is -0.261 e. The van der Waals surface area contributed by atoms with Crippen LogP contribution in [-0.4, -0.2) is 4.98 Å². The van der Waals surface area contributed by atoms with Gasteiger partial charge in [0.25, 0.3) is 0 Å². The van der Waals surface area contributed by atoms with Crippen LogP contribution in [0, 0.1) is 5.41 Å². The molecular formula is C13H21N. The molecule has 0 unspecified atom stereocenters. The molecule has 0 atom stereocenters. The summed E-state index contributed by atoms with van der Waals surface area (Å²) >= 11 is 0. The number of rotatable bonds is 2. The third-order valence-electron chi connectivity index (χ3n) is 2.33. The highest BCUT2D eigenvalue weighted by molar-refractivity contribution is 5.14. The first-order valence-corrected chi connectivity index (χ1v) is 5.23. The van der Waals surface area contributed by atoms with E-state index in [1.807, 2.05) is 12.3 Å². The fourth-order valence-corrected chi connectivity index (χ4v) is 2.18. The highest BCUT2D eigenvalue weighted by Crippen LogP contribution is 2.34. The van der Waals surface area contributed by atoms with Crippen LogP contribution in [0.25, 0.3) is 0 Å². The summed E-state index contributed by atoms with van der Waals surface area (Å²) in [6.07, 6.45) is 3.02. The fraction of sp³-hybridized carbons (Fsp3) is 0.615. The van der Waals surface area contributed by atoms with Crippen LogP contribution < -0.4 is 0 Å². The molecule has 0 radical (unpaired) electrons. The Labute approximate surface area is 87.6 Å². The van der Waals surface area contributed by atoms with Gasteiger partial charge in [-0.1, -0.05) is 40.7 Å². The third-order valence-corrected chi connectivity index (χ3v) is 2.33. The molecule has 0 spiro atoms. The van der Waals surface area contributed by atoms with E-state index in [-0.39, 0.29) is 5.41 Å². The SMILES string of the molecule is CC(C)(C)CC(C)(C)c1ccccn1. The van der Waals surface area contributed by atoms with Crippen molar-refractivity contribution in [2.75, 3.05) is 0 Å². The molecule has 0 aliphatic heterocycles. The highest BCUT2D eigenvalue weighted by Gasteiger charge is 2.27. The number of aromatic nitrogens is 1. The normalized spacial score (nSPS) is 12.9. The second-order valence-corrected chi connectivity index (χ2v) is 5.84. The average Bonchev–Trinajstić information content (AvgIpc) is 2.01. The van der Waals surface area contributed by atoms with Crippen molar-refractivity contribution in [1.29, 1.82) is 0 Å². The summed E-state index contributed by atoms with van der Waals surface area (Å²) in [5.74, 6) is 0. The molecule has 1 heterocycles. The maximum atomic E-state index is 4.43. The Morgan fingerprint density at radius 1 is 1.07 bits per heavy atom. The summed E-state index contributed by atoms with van der Waals surface area (Å²) in [7, 11) is 0. The predicted molar refractivity (Wildman–Crippen MR) is 61.3 cm³/mol. The Kier molecular flexibility index (Phi) is 2.98. The first-order valence-electron chi connectivity index (χ1n) is 5.23. The van der Waals surface area contributed by atoms with E-state index < -0.39 is 0 Å². The Balaban J connectivity index is 2.86. The minimum atomic E-state index is 0.166. The molecule has 14 heavy (non-hydrogen) atoms. The van der Waals surface area contributed by atoms with Crippen molar-refractivity contribution in [3.8, 4) is 0 Å². The Bertz CT molecular complexity index is 280. The molecule has 1 heteroatoms. The van der Waals surface area contributed by atoms with Crippen LogP contribution in [0.1, 0.15) is 46.7 Å². The number of nitrogens with zero attached hydrogens (tertiary/aromatic N) is 1. The van der Waals surface area contributed by atoms with Crippen molar-refractivity contribution in [2.45, 2.75) is 46.5 Å². The first-order chi connectivity index (χ1) is 6.31. The zero-order valence-electron chi connectivity index (χ0n) is 9.96. The van der Waals surface area contributed by atoms with E-state index in [2.05, 4.69) is 51.7 Å². The molecule has 0 aromatic carbocycles. The van der Waals surface area contributed by atoms with Crippen molar-refractivity contribution in [3.05, 3.63) is 30.1 Å². The van der Waals surface area contributed by atoms with Crippen molar-refractivity contribution < 1.29 is 0 Å². The van der Waals surface area contributed by atoms with E-state index in [1.54, 1.807) is 0 Å².